The Kier molecular flexibility index (Phi) is 10.4. The second kappa shape index (κ2) is 13.7. The fourth-order valence-electron chi connectivity index (χ4n) is 3.95. The van der Waals surface area contributed by atoms with Crippen molar-refractivity contribution in [2.24, 2.45) is 0 Å². The average molecular weight is 507 g/mol. The van der Waals surface area contributed by atoms with Crippen molar-refractivity contribution in [2.75, 3.05) is 13.2 Å². The molecule has 1 atom stereocenters. The van der Waals surface area contributed by atoms with Gasteiger partial charge in [-0.3, -0.25) is 9.59 Å². The van der Waals surface area contributed by atoms with E-state index < -0.39 is 6.04 Å². The molecule has 0 spiro atoms. The molecule has 0 aliphatic heterocycles. The average Bonchev–Trinajstić information content (AvgIpc) is 2.88. The van der Waals surface area contributed by atoms with Gasteiger partial charge in [0.1, 0.15) is 11.8 Å². The molecule has 190 valence electrons. The quantitative estimate of drug-likeness (QED) is 0.311. The lowest BCUT2D eigenvalue weighted by molar-refractivity contribution is -0.142. The number of rotatable bonds is 12. The number of nitrogens with zero attached hydrogens (tertiary/aromatic N) is 1. The lowest BCUT2D eigenvalue weighted by Gasteiger charge is -2.31. The number of carbonyl (C=O) groups is 2. The number of hydrogen-bond acceptors (Lipinski definition) is 3. The summed E-state index contributed by atoms with van der Waals surface area (Å²) in [6.07, 6.45) is 2.26. The third-order valence-electron chi connectivity index (χ3n) is 6.27. The predicted molar refractivity (Wildman–Crippen MR) is 145 cm³/mol. The molecule has 3 aromatic rings. The predicted octanol–water partition coefficient (Wildman–Crippen LogP) is 5.89. The Bertz CT molecular complexity index is 1130. The largest absolute Gasteiger partial charge is 0.483 e. The van der Waals surface area contributed by atoms with Crippen LogP contribution < -0.4 is 10.1 Å². The van der Waals surface area contributed by atoms with Crippen LogP contribution in [-0.4, -0.2) is 35.9 Å². The molecule has 0 aliphatic rings. The SMILES string of the molecule is CCCCNC(=O)[C@H](Cc1ccccc1)N(Cc1ccc(Cl)cc1)C(=O)COc1cccc(C)c1C. The Morgan fingerprint density at radius 1 is 0.944 bits per heavy atom. The first-order valence-electron chi connectivity index (χ1n) is 12.4. The zero-order chi connectivity index (χ0) is 25.9. The summed E-state index contributed by atoms with van der Waals surface area (Å²) in [5.74, 6) is 0.251. The van der Waals surface area contributed by atoms with Crippen molar-refractivity contribution < 1.29 is 14.3 Å². The minimum atomic E-state index is -0.686. The highest BCUT2D eigenvalue weighted by atomic mass is 35.5. The lowest BCUT2D eigenvalue weighted by Crippen LogP contribution is -2.51. The van der Waals surface area contributed by atoms with Gasteiger partial charge in [0.2, 0.25) is 5.91 Å². The molecule has 3 aromatic carbocycles. The second-order valence-electron chi connectivity index (χ2n) is 8.98. The first kappa shape index (κ1) is 27.3. The maximum atomic E-state index is 13.6. The van der Waals surface area contributed by atoms with Crippen molar-refractivity contribution >= 4 is 23.4 Å². The molecule has 1 N–H and O–H groups in total. The van der Waals surface area contributed by atoms with Crippen LogP contribution in [0.4, 0.5) is 0 Å². The minimum absolute atomic E-state index is 0.161. The third kappa shape index (κ3) is 7.85. The number of ether oxygens (including phenoxy) is 1. The van der Waals surface area contributed by atoms with Crippen LogP contribution >= 0.6 is 11.6 Å². The number of nitrogens with one attached hydrogen (secondary N) is 1. The first-order chi connectivity index (χ1) is 17.4. The Balaban J connectivity index is 1.89. The van der Waals surface area contributed by atoms with E-state index in [1.165, 1.54) is 0 Å². The normalized spacial score (nSPS) is 11.6. The number of amides is 2. The van der Waals surface area contributed by atoms with E-state index in [2.05, 4.69) is 12.2 Å². The van der Waals surface area contributed by atoms with Crippen molar-refractivity contribution in [3.63, 3.8) is 0 Å². The lowest BCUT2D eigenvalue weighted by atomic mass is 10.0. The molecule has 3 rings (SSSR count). The highest BCUT2D eigenvalue weighted by molar-refractivity contribution is 6.30. The van der Waals surface area contributed by atoms with Crippen molar-refractivity contribution in [3.05, 3.63) is 100 Å². The van der Waals surface area contributed by atoms with Gasteiger partial charge in [-0.1, -0.05) is 79.5 Å². The summed E-state index contributed by atoms with van der Waals surface area (Å²) >= 11 is 6.08. The number of halogens is 1. The molecule has 0 fully saturated rings. The van der Waals surface area contributed by atoms with Gasteiger partial charge >= 0.3 is 0 Å². The number of hydrogen-bond donors (Lipinski definition) is 1. The number of carbonyl (C=O) groups excluding carboxylic acids is 2. The number of unbranched alkanes of at least 4 members (excludes halogenated alkanes) is 1. The van der Waals surface area contributed by atoms with E-state index in [9.17, 15) is 9.59 Å². The highest BCUT2D eigenvalue weighted by Crippen LogP contribution is 2.22. The maximum Gasteiger partial charge on any atom is 0.261 e. The van der Waals surface area contributed by atoms with Gasteiger partial charge in [0.15, 0.2) is 6.61 Å². The van der Waals surface area contributed by atoms with Gasteiger partial charge in [0.05, 0.1) is 0 Å². The zero-order valence-corrected chi connectivity index (χ0v) is 22.1. The summed E-state index contributed by atoms with van der Waals surface area (Å²) in [4.78, 5) is 28.7. The Morgan fingerprint density at radius 3 is 2.36 bits per heavy atom. The third-order valence-corrected chi connectivity index (χ3v) is 6.52. The Hall–Kier alpha value is -3.31. The summed E-state index contributed by atoms with van der Waals surface area (Å²) in [5.41, 5.74) is 3.96. The summed E-state index contributed by atoms with van der Waals surface area (Å²) in [6, 6.07) is 22.2. The first-order valence-corrected chi connectivity index (χ1v) is 12.8. The van der Waals surface area contributed by atoms with E-state index in [4.69, 9.17) is 16.3 Å². The minimum Gasteiger partial charge on any atom is -0.483 e. The molecular weight excluding hydrogens is 472 g/mol. The van der Waals surface area contributed by atoms with Crippen LogP contribution in [-0.2, 0) is 22.6 Å². The molecule has 0 heterocycles. The van der Waals surface area contributed by atoms with Crippen LogP contribution in [0.2, 0.25) is 5.02 Å². The van der Waals surface area contributed by atoms with Crippen LogP contribution in [0.1, 0.15) is 42.0 Å². The smallest absolute Gasteiger partial charge is 0.261 e. The van der Waals surface area contributed by atoms with Gasteiger partial charge in [0, 0.05) is 24.5 Å². The fraction of sp³-hybridized carbons (Fsp3) is 0.333. The topological polar surface area (TPSA) is 58.6 Å². The van der Waals surface area contributed by atoms with Gasteiger partial charge < -0.3 is 15.0 Å². The Labute approximate surface area is 219 Å². The van der Waals surface area contributed by atoms with E-state index in [0.717, 1.165) is 35.1 Å². The van der Waals surface area contributed by atoms with Gasteiger partial charge in [-0.15, -0.1) is 0 Å². The van der Waals surface area contributed by atoms with Gasteiger partial charge in [-0.25, -0.2) is 0 Å². The van der Waals surface area contributed by atoms with Gasteiger partial charge in [-0.05, 0) is 60.7 Å². The van der Waals surface area contributed by atoms with Crippen molar-refractivity contribution in [1.29, 1.82) is 0 Å². The summed E-state index contributed by atoms with van der Waals surface area (Å²) in [6.45, 7) is 6.74. The van der Waals surface area contributed by atoms with E-state index in [1.807, 2.05) is 74.5 Å². The van der Waals surface area contributed by atoms with Gasteiger partial charge in [-0.2, -0.15) is 0 Å². The fourth-order valence-corrected chi connectivity index (χ4v) is 4.08. The van der Waals surface area contributed by atoms with Gasteiger partial charge in [0.25, 0.3) is 5.91 Å². The van der Waals surface area contributed by atoms with Crippen molar-refractivity contribution in [2.45, 2.75) is 52.6 Å². The molecule has 0 saturated heterocycles. The van der Waals surface area contributed by atoms with Crippen LogP contribution in [0.3, 0.4) is 0 Å². The van der Waals surface area contributed by atoms with Crippen molar-refractivity contribution in [1.82, 2.24) is 10.2 Å². The molecule has 0 aromatic heterocycles. The van der Waals surface area contributed by atoms with Crippen LogP contribution in [0.15, 0.2) is 72.8 Å². The highest BCUT2D eigenvalue weighted by Gasteiger charge is 2.30. The molecule has 6 heteroatoms. The van der Waals surface area contributed by atoms with Crippen LogP contribution in [0.25, 0.3) is 0 Å². The van der Waals surface area contributed by atoms with Crippen LogP contribution in [0, 0.1) is 13.8 Å². The van der Waals surface area contributed by atoms with E-state index in [1.54, 1.807) is 17.0 Å². The molecule has 2 amide bonds. The molecule has 0 unspecified atom stereocenters. The van der Waals surface area contributed by atoms with Crippen LogP contribution in [0.5, 0.6) is 5.75 Å². The second-order valence-corrected chi connectivity index (χ2v) is 9.42. The summed E-state index contributed by atoms with van der Waals surface area (Å²) < 4.78 is 5.95. The van der Waals surface area contributed by atoms with Crippen molar-refractivity contribution in [3.8, 4) is 5.75 Å². The van der Waals surface area contributed by atoms with E-state index in [-0.39, 0.29) is 25.0 Å². The molecule has 0 radical (unpaired) electrons. The molecule has 0 aliphatic carbocycles. The molecule has 36 heavy (non-hydrogen) atoms. The maximum absolute atomic E-state index is 13.6. The molecule has 0 bridgehead atoms. The monoisotopic (exact) mass is 506 g/mol. The summed E-state index contributed by atoms with van der Waals surface area (Å²) in [5, 5.41) is 3.65. The summed E-state index contributed by atoms with van der Waals surface area (Å²) in [7, 11) is 0. The Morgan fingerprint density at radius 2 is 1.67 bits per heavy atom. The van der Waals surface area contributed by atoms with E-state index >= 15 is 0 Å². The van der Waals surface area contributed by atoms with E-state index in [0.29, 0.717) is 23.7 Å². The number of aryl methyl sites for hydroxylation is 1. The zero-order valence-electron chi connectivity index (χ0n) is 21.3. The standard InChI is InChI=1S/C30H35ClN2O3/c1-4-5-18-32-30(35)27(19-24-11-7-6-8-12-24)33(20-25-14-16-26(31)17-15-25)29(34)21-36-28-13-9-10-22(2)23(28)3/h6-17,27H,4-5,18-21H2,1-3H3,(H,32,35)/t27-/m0/s1. The molecular formula is C30H35ClN2O3. The molecule has 0 saturated carbocycles. The number of benzene rings is 3. The molecule has 5 nitrogen and oxygen atoms in total.